The maximum atomic E-state index is 3.61. The summed E-state index contributed by atoms with van der Waals surface area (Å²) in [5, 5.41) is 3.61. The second-order valence-electron chi connectivity index (χ2n) is 4.43. The van der Waals surface area contributed by atoms with Gasteiger partial charge in [0.1, 0.15) is 0 Å². The van der Waals surface area contributed by atoms with E-state index in [0.29, 0.717) is 6.04 Å². The van der Waals surface area contributed by atoms with Crippen LogP contribution in [-0.2, 0) is 0 Å². The van der Waals surface area contributed by atoms with Crippen molar-refractivity contribution in [3.8, 4) is 11.8 Å². The molecule has 1 heterocycles. The van der Waals surface area contributed by atoms with Crippen LogP contribution in [0.4, 0.5) is 0 Å². The zero-order chi connectivity index (χ0) is 11.9. The van der Waals surface area contributed by atoms with E-state index in [4.69, 9.17) is 0 Å². The van der Waals surface area contributed by atoms with Crippen molar-refractivity contribution < 1.29 is 0 Å². The SMILES string of the molecule is CC#CCN1CCCNC(c2ccccc2)C1. The van der Waals surface area contributed by atoms with E-state index in [1.165, 1.54) is 12.0 Å². The largest absolute Gasteiger partial charge is 0.309 e. The van der Waals surface area contributed by atoms with Gasteiger partial charge >= 0.3 is 0 Å². The average Bonchev–Trinajstić information content (AvgIpc) is 2.63. The van der Waals surface area contributed by atoms with E-state index < -0.39 is 0 Å². The quantitative estimate of drug-likeness (QED) is 0.779. The van der Waals surface area contributed by atoms with Crippen LogP contribution in [0.5, 0.6) is 0 Å². The molecule has 2 heteroatoms. The van der Waals surface area contributed by atoms with Crippen LogP contribution >= 0.6 is 0 Å². The molecule has 0 aromatic heterocycles. The first-order valence-electron chi connectivity index (χ1n) is 6.30. The lowest BCUT2D eigenvalue weighted by molar-refractivity contribution is 0.300. The molecule has 0 amide bonds. The van der Waals surface area contributed by atoms with Gasteiger partial charge in [0.25, 0.3) is 0 Å². The zero-order valence-corrected chi connectivity index (χ0v) is 10.4. The summed E-state index contributed by atoms with van der Waals surface area (Å²) in [5.74, 6) is 6.14. The van der Waals surface area contributed by atoms with Gasteiger partial charge in [0.2, 0.25) is 0 Å². The highest BCUT2D eigenvalue weighted by Crippen LogP contribution is 2.16. The molecule has 1 fully saturated rings. The Morgan fingerprint density at radius 2 is 2.18 bits per heavy atom. The maximum absolute atomic E-state index is 3.61. The molecule has 1 aromatic carbocycles. The van der Waals surface area contributed by atoms with Crippen molar-refractivity contribution in [1.82, 2.24) is 10.2 Å². The van der Waals surface area contributed by atoms with Crippen molar-refractivity contribution in [2.75, 3.05) is 26.2 Å². The first-order valence-corrected chi connectivity index (χ1v) is 6.30. The molecule has 0 spiro atoms. The fraction of sp³-hybridized carbons (Fsp3) is 0.467. The van der Waals surface area contributed by atoms with Crippen LogP contribution in [-0.4, -0.2) is 31.1 Å². The van der Waals surface area contributed by atoms with E-state index in [9.17, 15) is 0 Å². The minimum atomic E-state index is 0.442. The summed E-state index contributed by atoms with van der Waals surface area (Å²) in [6.45, 7) is 6.09. The molecule has 0 bridgehead atoms. The lowest BCUT2D eigenvalue weighted by Crippen LogP contribution is -2.31. The lowest BCUT2D eigenvalue weighted by atomic mass is 10.1. The average molecular weight is 228 g/mol. The van der Waals surface area contributed by atoms with Crippen molar-refractivity contribution in [2.24, 2.45) is 0 Å². The monoisotopic (exact) mass is 228 g/mol. The molecule has 1 unspecified atom stereocenters. The number of rotatable bonds is 2. The van der Waals surface area contributed by atoms with Crippen LogP contribution < -0.4 is 5.32 Å². The third-order valence-corrected chi connectivity index (χ3v) is 3.16. The molecule has 90 valence electrons. The molecule has 2 rings (SSSR count). The summed E-state index contributed by atoms with van der Waals surface area (Å²) in [6.07, 6.45) is 1.20. The Morgan fingerprint density at radius 3 is 2.94 bits per heavy atom. The molecule has 1 aliphatic heterocycles. The third-order valence-electron chi connectivity index (χ3n) is 3.16. The second-order valence-corrected chi connectivity index (χ2v) is 4.43. The smallest absolute Gasteiger partial charge is 0.0602 e. The van der Waals surface area contributed by atoms with E-state index in [2.05, 4.69) is 52.4 Å². The van der Waals surface area contributed by atoms with Gasteiger partial charge in [-0.15, -0.1) is 5.92 Å². The van der Waals surface area contributed by atoms with Crippen LogP contribution in [0.25, 0.3) is 0 Å². The number of hydrogen-bond acceptors (Lipinski definition) is 2. The molecule has 0 aliphatic carbocycles. The number of benzene rings is 1. The van der Waals surface area contributed by atoms with Crippen LogP contribution in [0.15, 0.2) is 30.3 Å². The summed E-state index contributed by atoms with van der Waals surface area (Å²) in [6, 6.07) is 11.1. The lowest BCUT2D eigenvalue weighted by Gasteiger charge is -2.22. The van der Waals surface area contributed by atoms with E-state index in [1.807, 2.05) is 6.92 Å². The molecule has 0 saturated carbocycles. The molecule has 17 heavy (non-hydrogen) atoms. The molecule has 1 atom stereocenters. The predicted molar refractivity (Wildman–Crippen MR) is 71.7 cm³/mol. The molecule has 0 radical (unpaired) electrons. The molecule has 2 nitrogen and oxygen atoms in total. The Bertz CT molecular complexity index is 388. The van der Waals surface area contributed by atoms with Crippen molar-refractivity contribution >= 4 is 0 Å². The summed E-state index contributed by atoms with van der Waals surface area (Å²) in [5.41, 5.74) is 1.38. The Kier molecular flexibility index (Phi) is 4.61. The fourth-order valence-corrected chi connectivity index (χ4v) is 2.24. The van der Waals surface area contributed by atoms with Gasteiger partial charge in [-0.1, -0.05) is 36.3 Å². The Morgan fingerprint density at radius 1 is 1.35 bits per heavy atom. The summed E-state index contributed by atoms with van der Waals surface area (Å²) in [7, 11) is 0. The summed E-state index contributed by atoms with van der Waals surface area (Å²) < 4.78 is 0. The minimum Gasteiger partial charge on any atom is -0.309 e. The minimum absolute atomic E-state index is 0.442. The molecule has 1 aliphatic rings. The number of nitrogens with zero attached hydrogens (tertiary/aromatic N) is 1. The van der Waals surface area contributed by atoms with E-state index in [0.717, 1.165) is 26.2 Å². The van der Waals surface area contributed by atoms with Crippen molar-refractivity contribution in [3.63, 3.8) is 0 Å². The molecule has 1 N–H and O–H groups in total. The highest BCUT2D eigenvalue weighted by Gasteiger charge is 2.17. The van der Waals surface area contributed by atoms with Gasteiger partial charge in [0, 0.05) is 19.1 Å². The first-order chi connectivity index (χ1) is 8.40. The highest BCUT2D eigenvalue weighted by atomic mass is 15.2. The summed E-state index contributed by atoms with van der Waals surface area (Å²) in [4.78, 5) is 2.44. The van der Waals surface area contributed by atoms with Gasteiger partial charge in [-0.05, 0) is 25.5 Å². The third kappa shape index (κ3) is 3.59. The van der Waals surface area contributed by atoms with Gasteiger partial charge in [0.05, 0.1) is 6.54 Å². The van der Waals surface area contributed by atoms with E-state index in [1.54, 1.807) is 0 Å². The number of hydrogen-bond donors (Lipinski definition) is 1. The Labute approximate surface area is 104 Å². The molecular formula is C15H20N2. The second kappa shape index (κ2) is 6.44. The van der Waals surface area contributed by atoms with Crippen molar-refractivity contribution in [2.45, 2.75) is 19.4 Å². The Balaban J connectivity index is 2.03. The fourth-order valence-electron chi connectivity index (χ4n) is 2.24. The Hall–Kier alpha value is -1.30. The van der Waals surface area contributed by atoms with E-state index >= 15 is 0 Å². The highest BCUT2D eigenvalue weighted by molar-refractivity contribution is 5.19. The van der Waals surface area contributed by atoms with Gasteiger partial charge in [0.15, 0.2) is 0 Å². The first kappa shape index (κ1) is 12.2. The molecule has 1 aromatic rings. The van der Waals surface area contributed by atoms with E-state index in [-0.39, 0.29) is 0 Å². The van der Waals surface area contributed by atoms with Gasteiger partial charge in [-0.3, -0.25) is 4.90 Å². The van der Waals surface area contributed by atoms with Crippen molar-refractivity contribution in [3.05, 3.63) is 35.9 Å². The van der Waals surface area contributed by atoms with Gasteiger partial charge in [-0.2, -0.15) is 0 Å². The topological polar surface area (TPSA) is 15.3 Å². The van der Waals surface area contributed by atoms with Crippen LogP contribution in [0.3, 0.4) is 0 Å². The zero-order valence-electron chi connectivity index (χ0n) is 10.4. The van der Waals surface area contributed by atoms with Crippen molar-refractivity contribution in [1.29, 1.82) is 0 Å². The standard InChI is InChI=1S/C15H20N2/c1-2-3-11-17-12-7-10-16-15(13-17)14-8-5-4-6-9-14/h4-6,8-9,15-16H,7,10-13H2,1H3. The maximum Gasteiger partial charge on any atom is 0.0602 e. The molecule has 1 saturated heterocycles. The van der Waals surface area contributed by atoms with Crippen LogP contribution in [0, 0.1) is 11.8 Å². The normalized spacial score (nSPS) is 21.4. The van der Waals surface area contributed by atoms with Gasteiger partial charge in [-0.25, -0.2) is 0 Å². The van der Waals surface area contributed by atoms with Crippen LogP contribution in [0.1, 0.15) is 24.9 Å². The predicted octanol–water partition coefficient (Wildman–Crippen LogP) is 2.05. The van der Waals surface area contributed by atoms with Crippen LogP contribution in [0.2, 0.25) is 0 Å². The number of nitrogens with one attached hydrogen (secondary N) is 1. The van der Waals surface area contributed by atoms with Gasteiger partial charge < -0.3 is 5.32 Å². The molecular weight excluding hydrogens is 208 g/mol. The summed E-state index contributed by atoms with van der Waals surface area (Å²) >= 11 is 0.